The number of carbonyl (C=O) groups excluding carboxylic acids is 2. The number of aromatic nitrogens is 4. The zero-order valence-corrected chi connectivity index (χ0v) is 30.9. The van der Waals surface area contributed by atoms with E-state index in [-0.39, 0.29) is 23.9 Å². The van der Waals surface area contributed by atoms with Crippen LogP contribution in [0.25, 0.3) is 11.3 Å². The van der Waals surface area contributed by atoms with Gasteiger partial charge in [-0.25, -0.2) is 4.79 Å². The summed E-state index contributed by atoms with van der Waals surface area (Å²) >= 11 is 12.9. The maximum Gasteiger partial charge on any atom is 0.318 e. The molecular formula is C38H42Cl2N8O5. The number of aromatic amines is 1. The summed E-state index contributed by atoms with van der Waals surface area (Å²) < 4.78 is 5.62. The molecule has 278 valence electrons. The number of ether oxygens (including phenoxy) is 1. The fourth-order valence-corrected chi connectivity index (χ4v) is 8.39. The molecule has 2 unspecified atom stereocenters. The Labute approximate surface area is 317 Å². The Hall–Kier alpha value is -4.72. The molecule has 13 nitrogen and oxygen atoms in total. The van der Waals surface area contributed by atoms with Gasteiger partial charge in [-0.2, -0.15) is 15.4 Å². The summed E-state index contributed by atoms with van der Waals surface area (Å²) in [6, 6.07) is 14.8. The maximum absolute atomic E-state index is 14.2. The van der Waals surface area contributed by atoms with Gasteiger partial charge in [-0.1, -0.05) is 35.3 Å². The first-order chi connectivity index (χ1) is 25.6. The Kier molecular flexibility index (Phi) is 10.6. The maximum atomic E-state index is 14.2. The lowest BCUT2D eigenvalue weighted by Gasteiger charge is -2.44. The lowest BCUT2D eigenvalue weighted by atomic mass is 9.76. The van der Waals surface area contributed by atoms with Crippen LogP contribution in [0.3, 0.4) is 0 Å². The molecule has 2 aromatic carbocycles. The van der Waals surface area contributed by atoms with Crippen molar-refractivity contribution in [2.45, 2.75) is 43.1 Å². The van der Waals surface area contributed by atoms with Crippen LogP contribution in [-0.2, 0) is 15.7 Å². The Morgan fingerprint density at radius 2 is 1.81 bits per heavy atom. The Morgan fingerprint density at radius 3 is 2.49 bits per heavy atom. The number of methoxy groups -OCH3 is 1. The molecule has 3 saturated heterocycles. The summed E-state index contributed by atoms with van der Waals surface area (Å²) in [6.07, 6.45) is 8.40. The van der Waals surface area contributed by atoms with Crippen LogP contribution in [-0.4, -0.2) is 111 Å². The molecular weight excluding hydrogens is 719 g/mol. The van der Waals surface area contributed by atoms with E-state index in [9.17, 15) is 19.5 Å². The molecule has 15 heteroatoms. The third kappa shape index (κ3) is 7.55. The van der Waals surface area contributed by atoms with E-state index in [2.05, 4.69) is 30.6 Å². The van der Waals surface area contributed by atoms with Gasteiger partial charge in [-0.3, -0.25) is 14.6 Å². The highest BCUT2D eigenvalue weighted by Gasteiger charge is 2.44. The van der Waals surface area contributed by atoms with Crippen molar-refractivity contribution >= 4 is 41.1 Å². The first-order valence-electron chi connectivity index (χ1n) is 17.8. The molecule has 3 N–H and O–H groups in total. The number of likely N-dealkylation sites (tertiary alicyclic amines) is 3. The average molecular weight is 762 g/mol. The van der Waals surface area contributed by atoms with Crippen LogP contribution in [0.5, 0.6) is 5.75 Å². The minimum atomic E-state index is -0.874. The number of hydrogen-bond donors (Lipinski definition) is 3. The number of rotatable bonds is 10. The van der Waals surface area contributed by atoms with Crippen molar-refractivity contribution in [3.05, 3.63) is 93.9 Å². The predicted molar refractivity (Wildman–Crippen MR) is 199 cm³/mol. The number of benzene rings is 2. The Balaban J connectivity index is 1.08. The highest BCUT2D eigenvalue weighted by molar-refractivity contribution is 6.42. The van der Waals surface area contributed by atoms with E-state index in [0.717, 1.165) is 49.2 Å². The number of carbonyl (C=O) groups is 3. The minimum Gasteiger partial charge on any atom is -0.496 e. The highest BCUT2D eigenvalue weighted by atomic mass is 35.5. The number of urea groups is 1. The van der Waals surface area contributed by atoms with E-state index in [1.165, 1.54) is 0 Å². The zero-order chi connectivity index (χ0) is 37.2. The molecule has 3 aliphatic rings. The molecule has 3 amide bonds. The molecule has 2 atom stereocenters. The molecule has 4 aromatic rings. The zero-order valence-electron chi connectivity index (χ0n) is 29.4. The number of hydrogen-bond acceptors (Lipinski definition) is 8. The van der Waals surface area contributed by atoms with Crippen LogP contribution in [0.15, 0.2) is 67.1 Å². The van der Waals surface area contributed by atoms with Gasteiger partial charge in [0, 0.05) is 62.6 Å². The van der Waals surface area contributed by atoms with Gasteiger partial charge in [0.2, 0.25) is 0 Å². The van der Waals surface area contributed by atoms with Crippen LogP contribution >= 0.6 is 23.2 Å². The van der Waals surface area contributed by atoms with E-state index in [1.807, 2.05) is 41.3 Å². The van der Waals surface area contributed by atoms with Gasteiger partial charge >= 0.3 is 12.0 Å². The number of amides is 3. The topological polar surface area (TPSA) is 157 Å². The molecule has 0 spiro atoms. The standard InChI is InChI=1S/C38H42Cl2N8O5/c1-53-33-7-4-25(32-22-42-45-44-32)19-29(33)34(49)48-18-10-37(24-48,27-5-6-30(39)31(40)20-27)9-15-46-16-11-38(12-17-46,28-3-2-13-41-21-28)43-36(52)47-14-8-26(23-47)35(50)51/h2-7,13,19-22,26H,8-12,14-18,23-24H2,1H3,(H,43,52)(H,50,51)(H,42,44,45). The van der Waals surface area contributed by atoms with Gasteiger partial charge in [0.15, 0.2) is 0 Å². The van der Waals surface area contributed by atoms with Crippen molar-refractivity contribution < 1.29 is 24.2 Å². The number of H-pyrrole nitrogens is 1. The molecule has 0 bridgehead atoms. The Bertz CT molecular complexity index is 1960. The molecule has 7 rings (SSSR count). The van der Waals surface area contributed by atoms with E-state index in [0.29, 0.717) is 65.9 Å². The third-order valence-corrected chi connectivity index (χ3v) is 12.1. The van der Waals surface area contributed by atoms with E-state index >= 15 is 0 Å². The van der Waals surface area contributed by atoms with E-state index in [4.69, 9.17) is 27.9 Å². The van der Waals surface area contributed by atoms with Gasteiger partial charge < -0.3 is 29.9 Å². The van der Waals surface area contributed by atoms with Gasteiger partial charge in [0.1, 0.15) is 11.4 Å². The third-order valence-electron chi connectivity index (χ3n) is 11.3. The second-order valence-electron chi connectivity index (χ2n) is 14.3. The number of carboxylic acid groups (broad SMARTS) is 1. The first kappa shape index (κ1) is 36.6. The second-order valence-corrected chi connectivity index (χ2v) is 15.1. The summed E-state index contributed by atoms with van der Waals surface area (Å²) in [5.41, 5.74) is 2.78. The lowest BCUT2D eigenvalue weighted by molar-refractivity contribution is -0.141. The van der Waals surface area contributed by atoms with Crippen molar-refractivity contribution in [2.75, 3.05) is 52.9 Å². The summed E-state index contributed by atoms with van der Waals surface area (Å²) in [4.78, 5) is 49.6. The van der Waals surface area contributed by atoms with E-state index in [1.54, 1.807) is 42.7 Å². The minimum absolute atomic E-state index is 0.128. The molecule has 53 heavy (non-hydrogen) atoms. The number of carboxylic acids is 1. The second kappa shape index (κ2) is 15.3. The van der Waals surface area contributed by atoms with Gasteiger partial charge in [0.25, 0.3) is 5.91 Å². The summed E-state index contributed by atoms with van der Waals surface area (Å²) in [5, 5.41) is 24.4. The van der Waals surface area contributed by atoms with Gasteiger partial charge in [-0.15, -0.1) is 0 Å². The summed E-state index contributed by atoms with van der Waals surface area (Å²) in [7, 11) is 1.56. The Morgan fingerprint density at radius 1 is 0.981 bits per heavy atom. The first-order valence-corrected chi connectivity index (χ1v) is 18.6. The lowest BCUT2D eigenvalue weighted by Crippen LogP contribution is -2.56. The van der Waals surface area contributed by atoms with Crippen LogP contribution in [0, 0.1) is 5.92 Å². The smallest absolute Gasteiger partial charge is 0.318 e. The number of nitrogens with zero attached hydrogens (tertiary/aromatic N) is 6. The monoisotopic (exact) mass is 760 g/mol. The number of nitrogens with one attached hydrogen (secondary N) is 2. The molecule has 3 fully saturated rings. The van der Waals surface area contributed by atoms with Crippen molar-refractivity contribution in [1.29, 1.82) is 0 Å². The molecule has 3 aliphatic heterocycles. The fourth-order valence-electron chi connectivity index (χ4n) is 8.09. The highest BCUT2D eigenvalue weighted by Crippen LogP contribution is 2.42. The van der Waals surface area contributed by atoms with E-state index < -0.39 is 17.4 Å². The van der Waals surface area contributed by atoms with Gasteiger partial charge in [-0.05, 0) is 86.2 Å². The average Bonchev–Trinajstić information content (AvgIpc) is 3.98. The number of aliphatic carboxylic acids is 1. The molecule has 2 aromatic heterocycles. The molecule has 5 heterocycles. The number of pyridine rings is 1. The van der Waals surface area contributed by atoms with Crippen LogP contribution < -0.4 is 10.1 Å². The number of piperidine rings is 1. The van der Waals surface area contributed by atoms with Crippen molar-refractivity contribution in [3.63, 3.8) is 0 Å². The summed E-state index contributed by atoms with van der Waals surface area (Å²) in [5.74, 6) is -1.07. The van der Waals surface area contributed by atoms with Crippen LogP contribution in [0.4, 0.5) is 4.79 Å². The molecule has 0 aliphatic carbocycles. The normalized spacial score (nSPS) is 21.5. The molecule has 0 saturated carbocycles. The summed E-state index contributed by atoms with van der Waals surface area (Å²) in [6.45, 7) is 3.85. The number of halogens is 2. The van der Waals surface area contributed by atoms with Crippen LogP contribution in [0.2, 0.25) is 10.0 Å². The van der Waals surface area contributed by atoms with Gasteiger partial charge in [0.05, 0.1) is 40.4 Å². The van der Waals surface area contributed by atoms with Crippen LogP contribution in [0.1, 0.15) is 53.6 Å². The largest absolute Gasteiger partial charge is 0.496 e. The predicted octanol–water partition coefficient (Wildman–Crippen LogP) is 5.46. The molecule has 0 radical (unpaired) electrons. The van der Waals surface area contributed by atoms with Crippen molar-refractivity contribution in [2.24, 2.45) is 5.92 Å². The SMILES string of the molecule is COc1ccc(-c2cn[nH]n2)cc1C(=O)N1CCC(CCN2CCC(NC(=O)N3CCC(C(=O)O)C3)(c3cccnc3)CC2)(c2ccc(Cl)c(Cl)c2)C1. The van der Waals surface area contributed by atoms with Crippen molar-refractivity contribution in [3.8, 4) is 17.0 Å². The fraction of sp³-hybridized carbons (Fsp3) is 0.421. The quantitative estimate of drug-likeness (QED) is 0.191. The van der Waals surface area contributed by atoms with Crippen molar-refractivity contribution in [1.82, 2.24) is 40.4 Å².